The van der Waals surface area contributed by atoms with E-state index in [0.29, 0.717) is 13.2 Å². The third kappa shape index (κ3) is 10.9. The Balaban J connectivity index is 3.00. The fourth-order valence-electron chi connectivity index (χ4n) is 0.591. The predicted octanol–water partition coefficient (Wildman–Crippen LogP) is 0.129. The van der Waals surface area contributed by atoms with Crippen LogP contribution in [0.3, 0.4) is 0 Å². The van der Waals surface area contributed by atoms with Crippen molar-refractivity contribution in [2.24, 2.45) is 0 Å². The first-order chi connectivity index (χ1) is 6.13. The van der Waals surface area contributed by atoms with Crippen LogP contribution in [0.25, 0.3) is 0 Å². The van der Waals surface area contributed by atoms with Gasteiger partial charge in [-0.15, -0.1) is 0 Å². The van der Waals surface area contributed by atoms with E-state index in [1.165, 1.54) is 13.8 Å². The highest BCUT2D eigenvalue weighted by molar-refractivity contribution is 5.66. The Kier molecular flexibility index (Phi) is 6.91. The third-order valence-corrected chi connectivity index (χ3v) is 1.07. The zero-order valence-corrected chi connectivity index (χ0v) is 7.87. The average Bonchev–Trinajstić information content (AvgIpc) is 2.01. The molecule has 5 nitrogen and oxygen atoms in total. The Labute approximate surface area is 77.0 Å². The van der Waals surface area contributed by atoms with Crippen LogP contribution in [0.2, 0.25) is 0 Å². The number of hydrogen-bond donors (Lipinski definition) is 0. The van der Waals surface area contributed by atoms with Gasteiger partial charge in [0, 0.05) is 13.8 Å². The molecule has 0 atom stereocenters. The van der Waals surface area contributed by atoms with Crippen LogP contribution in [0.4, 0.5) is 0 Å². The fraction of sp³-hybridized carbons (Fsp3) is 0.750. The van der Waals surface area contributed by atoms with Gasteiger partial charge < -0.3 is 14.2 Å². The largest absolute Gasteiger partial charge is 0.463 e. The molecule has 76 valence electrons. The molecule has 0 saturated carbocycles. The Morgan fingerprint density at radius 1 is 0.846 bits per heavy atom. The smallest absolute Gasteiger partial charge is 0.302 e. The molecule has 0 aliphatic heterocycles. The molecule has 0 heterocycles. The molecule has 0 spiro atoms. The number of rotatable bonds is 6. The van der Waals surface area contributed by atoms with Crippen LogP contribution < -0.4 is 0 Å². The van der Waals surface area contributed by atoms with Crippen molar-refractivity contribution >= 4 is 11.9 Å². The molecule has 0 aromatic carbocycles. The normalized spacial score (nSPS) is 9.38. The minimum absolute atomic E-state index is 0.232. The Morgan fingerprint density at radius 3 is 1.54 bits per heavy atom. The van der Waals surface area contributed by atoms with Gasteiger partial charge in [0.1, 0.15) is 13.2 Å². The van der Waals surface area contributed by atoms with Crippen molar-refractivity contribution in [1.29, 1.82) is 0 Å². The van der Waals surface area contributed by atoms with Gasteiger partial charge in [0.2, 0.25) is 0 Å². The Bertz CT molecular complexity index is 148. The molecule has 0 aliphatic carbocycles. The molecule has 0 saturated heterocycles. The molecule has 0 amide bonds. The lowest BCUT2D eigenvalue weighted by Crippen LogP contribution is -2.12. The number of ether oxygens (including phenoxy) is 3. The zero-order chi connectivity index (χ0) is 10.1. The van der Waals surface area contributed by atoms with Crippen LogP contribution in [0.15, 0.2) is 0 Å². The molecule has 0 aromatic heterocycles. The van der Waals surface area contributed by atoms with E-state index in [2.05, 4.69) is 9.47 Å². The summed E-state index contributed by atoms with van der Waals surface area (Å²) in [6.45, 7) is 3.77. The van der Waals surface area contributed by atoms with Crippen molar-refractivity contribution in [2.75, 3.05) is 26.4 Å². The molecule has 0 aromatic rings. The van der Waals surface area contributed by atoms with Gasteiger partial charge in [-0.25, -0.2) is 0 Å². The van der Waals surface area contributed by atoms with E-state index in [1.54, 1.807) is 0 Å². The second kappa shape index (κ2) is 7.54. The monoisotopic (exact) mass is 190 g/mol. The highest BCUT2D eigenvalue weighted by atomic mass is 16.6. The maximum atomic E-state index is 10.3. The lowest BCUT2D eigenvalue weighted by Gasteiger charge is -2.04. The Morgan fingerprint density at radius 2 is 1.23 bits per heavy atom. The summed E-state index contributed by atoms with van der Waals surface area (Å²) in [6.07, 6.45) is 0. The van der Waals surface area contributed by atoms with Gasteiger partial charge in [-0.2, -0.15) is 0 Å². The number of esters is 2. The summed E-state index contributed by atoms with van der Waals surface area (Å²) in [5, 5.41) is 0. The second-order valence-electron chi connectivity index (χ2n) is 2.29. The molecule has 0 aliphatic rings. The summed E-state index contributed by atoms with van der Waals surface area (Å²) in [5.74, 6) is -0.660. The number of carbonyl (C=O) groups is 2. The van der Waals surface area contributed by atoms with E-state index in [9.17, 15) is 9.59 Å². The second-order valence-corrected chi connectivity index (χ2v) is 2.29. The minimum Gasteiger partial charge on any atom is -0.463 e. The highest BCUT2D eigenvalue weighted by Crippen LogP contribution is 1.81. The molecule has 0 fully saturated rings. The van der Waals surface area contributed by atoms with E-state index in [0.717, 1.165) is 0 Å². The lowest BCUT2D eigenvalue weighted by atomic mass is 10.7. The van der Waals surface area contributed by atoms with Crippen LogP contribution in [0, 0.1) is 0 Å². The van der Waals surface area contributed by atoms with Gasteiger partial charge in [0.25, 0.3) is 0 Å². The summed E-state index contributed by atoms with van der Waals surface area (Å²) in [6, 6.07) is 0. The molecule has 0 unspecified atom stereocenters. The van der Waals surface area contributed by atoms with Crippen LogP contribution in [0.5, 0.6) is 0 Å². The zero-order valence-electron chi connectivity index (χ0n) is 7.87. The van der Waals surface area contributed by atoms with Gasteiger partial charge in [-0.1, -0.05) is 0 Å². The summed E-state index contributed by atoms with van der Waals surface area (Å²) in [4.78, 5) is 20.5. The molecule has 13 heavy (non-hydrogen) atoms. The highest BCUT2D eigenvalue weighted by Gasteiger charge is 1.94. The summed E-state index contributed by atoms with van der Waals surface area (Å²) >= 11 is 0. The first-order valence-corrected chi connectivity index (χ1v) is 3.97. The van der Waals surface area contributed by atoms with E-state index < -0.39 is 0 Å². The molecular formula is C8H14O5. The maximum absolute atomic E-state index is 10.3. The van der Waals surface area contributed by atoms with E-state index in [-0.39, 0.29) is 25.2 Å². The van der Waals surface area contributed by atoms with Crippen molar-refractivity contribution in [2.45, 2.75) is 13.8 Å². The van der Waals surface area contributed by atoms with Gasteiger partial charge in [0.05, 0.1) is 13.2 Å². The van der Waals surface area contributed by atoms with E-state index >= 15 is 0 Å². The lowest BCUT2D eigenvalue weighted by molar-refractivity contribution is -0.143. The molecule has 0 rings (SSSR count). The van der Waals surface area contributed by atoms with Crippen molar-refractivity contribution < 1.29 is 23.8 Å². The van der Waals surface area contributed by atoms with Gasteiger partial charge in [-0.3, -0.25) is 9.59 Å². The van der Waals surface area contributed by atoms with Gasteiger partial charge >= 0.3 is 11.9 Å². The van der Waals surface area contributed by atoms with Crippen LogP contribution in [-0.2, 0) is 23.8 Å². The van der Waals surface area contributed by atoms with Gasteiger partial charge in [0.15, 0.2) is 0 Å². The number of carbonyl (C=O) groups excluding carboxylic acids is 2. The third-order valence-electron chi connectivity index (χ3n) is 1.07. The molecule has 5 heteroatoms. The first-order valence-electron chi connectivity index (χ1n) is 3.97. The molecular weight excluding hydrogens is 176 g/mol. The van der Waals surface area contributed by atoms with Crippen LogP contribution in [0.1, 0.15) is 13.8 Å². The fourth-order valence-corrected chi connectivity index (χ4v) is 0.591. The minimum atomic E-state index is -0.330. The summed E-state index contributed by atoms with van der Waals surface area (Å²) in [7, 11) is 0. The Hall–Kier alpha value is -1.10. The summed E-state index contributed by atoms with van der Waals surface area (Å²) < 4.78 is 14.2. The molecule has 0 bridgehead atoms. The predicted molar refractivity (Wildman–Crippen MR) is 44.1 cm³/mol. The molecule has 0 radical (unpaired) electrons. The topological polar surface area (TPSA) is 61.8 Å². The molecule has 0 N–H and O–H groups in total. The maximum Gasteiger partial charge on any atom is 0.302 e. The van der Waals surface area contributed by atoms with Crippen molar-refractivity contribution in [3.05, 3.63) is 0 Å². The SMILES string of the molecule is CC(=O)OCCOCCOC(C)=O. The van der Waals surface area contributed by atoms with E-state index in [1.807, 2.05) is 0 Å². The van der Waals surface area contributed by atoms with Crippen LogP contribution in [-0.4, -0.2) is 38.4 Å². The van der Waals surface area contributed by atoms with Crippen LogP contribution >= 0.6 is 0 Å². The first kappa shape index (κ1) is 11.9. The summed E-state index contributed by atoms with van der Waals surface area (Å²) in [5.41, 5.74) is 0. The van der Waals surface area contributed by atoms with Crippen molar-refractivity contribution in [1.82, 2.24) is 0 Å². The van der Waals surface area contributed by atoms with Gasteiger partial charge in [-0.05, 0) is 0 Å². The van der Waals surface area contributed by atoms with E-state index in [4.69, 9.17) is 4.74 Å². The standard InChI is InChI=1S/C8H14O5/c1-7(9)12-5-3-11-4-6-13-8(2)10/h3-6H2,1-2H3. The quantitative estimate of drug-likeness (QED) is 0.440. The average molecular weight is 190 g/mol. The number of hydrogen-bond acceptors (Lipinski definition) is 5. The van der Waals surface area contributed by atoms with Crippen molar-refractivity contribution in [3.63, 3.8) is 0 Å². The van der Waals surface area contributed by atoms with Crippen molar-refractivity contribution in [3.8, 4) is 0 Å².